The Morgan fingerprint density at radius 3 is 2.37 bits per heavy atom. The monoisotopic (exact) mass is 423 g/mol. The first-order valence-corrected chi connectivity index (χ1v) is 10.8. The van der Waals surface area contributed by atoms with Gasteiger partial charge in [-0.05, 0) is 31.5 Å². The van der Waals surface area contributed by atoms with Crippen molar-refractivity contribution in [2.75, 3.05) is 5.75 Å². The van der Waals surface area contributed by atoms with Crippen LogP contribution in [0.3, 0.4) is 0 Å². The standard InChI is InChI=1S/C22H25N5O2S/c1-3-27-20(16(2)24-21(29)18-12-8-5-9-13-18)25-26-22(27)30-15-19(28)23-14-17-10-6-4-7-11-17/h4-13,16H,3,14-15H2,1-2H3,(H,23,28)(H,24,29)/t16-/m1/s1. The van der Waals surface area contributed by atoms with E-state index in [0.717, 1.165) is 5.56 Å². The molecule has 1 aromatic heterocycles. The molecule has 0 spiro atoms. The fourth-order valence-electron chi connectivity index (χ4n) is 2.94. The third-order valence-electron chi connectivity index (χ3n) is 4.50. The van der Waals surface area contributed by atoms with Crippen molar-refractivity contribution in [3.05, 3.63) is 77.6 Å². The summed E-state index contributed by atoms with van der Waals surface area (Å²) in [5.74, 6) is 0.675. The Morgan fingerprint density at radius 2 is 1.70 bits per heavy atom. The second-order valence-electron chi connectivity index (χ2n) is 6.70. The summed E-state index contributed by atoms with van der Waals surface area (Å²) in [6.07, 6.45) is 0. The minimum absolute atomic E-state index is 0.0681. The topological polar surface area (TPSA) is 88.9 Å². The molecule has 0 bridgehead atoms. The summed E-state index contributed by atoms with van der Waals surface area (Å²) in [5.41, 5.74) is 1.65. The second-order valence-corrected chi connectivity index (χ2v) is 7.64. The van der Waals surface area contributed by atoms with E-state index in [1.165, 1.54) is 11.8 Å². The number of benzene rings is 2. The molecule has 0 aliphatic rings. The molecule has 2 N–H and O–H groups in total. The Kier molecular flexibility index (Phi) is 7.62. The van der Waals surface area contributed by atoms with Crippen molar-refractivity contribution < 1.29 is 9.59 Å². The number of carbonyl (C=O) groups is 2. The van der Waals surface area contributed by atoms with Crippen LogP contribution in [-0.4, -0.2) is 32.3 Å². The Labute approximate surface area is 180 Å². The molecule has 0 unspecified atom stereocenters. The van der Waals surface area contributed by atoms with Crippen molar-refractivity contribution in [3.63, 3.8) is 0 Å². The molecule has 8 heteroatoms. The predicted octanol–water partition coefficient (Wildman–Crippen LogP) is 3.20. The number of carbonyl (C=O) groups excluding carboxylic acids is 2. The molecule has 156 valence electrons. The Bertz CT molecular complexity index is 976. The van der Waals surface area contributed by atoms with Gasteiger partial charge < -0.3 is 15.2 Å². The molecule has 30 heavy (non-hydrogen) atoms. The molecule has 2 aromatic carbocycles. The van der Waals surface area contributed by atoms with Gasteiger partial charge in [-0.25, -0.2) is 0 Å². The van der Waals surface area contributed by atoms with Crippen LogP contribution in [0.2, 0.25) is 0 Å². The number of hydrogen-bond donors (Lipinski definition) is 2. The van der Waals surface area contributed by atoms with Crippen molar-refractivity contribution in [2.24, 2.45) is 0 Å². The van der Waals surface area contributed by atoms with E-state index in [0.29, 0.717) is 29.6 Å². The molecule has 3 rings (SSSR count). The van der Waals surface area contributed by atoms with Gasteiger partial charge in [0.05, 0.1) is 11.8 Å². The molecule has 1 atom stereocenters. The minimum Gasteiger partial charge on any atom is -0.351 e. The summed E-state index contributed by atoms with van der Waals surface area (Å²) in [6, 6.07) is 18.5. The van der Waals surface area contributed by atoms with Gasteiger partial charge in [0.15, 0.2) is 11.0 Å². The molecular formula is C22H25N5O2S. The zero-order valence-electron chi connectivity index (χ0n) is 17.0. The normalized spacial score (nSPS) is 11.7. The van der Waals surface area contributed by atoms with Gasteiger partial charge in [0.1, 0.15) is 0 Å². The van der Waals surface area contributed by atoms with Crippen LogP contribution in [0.15, 0.2) is 65.8 Å². The molecule has 7 nitrogen and oxygen atoms in total. The van der Waals surface area contributed by atoms with E-state index in [2.05, 4.69) is 20.8 Å². The zero-order chi connectivity index (χ0) is 21.3. The summed E-state index contributed by atoms with van der Waals surface area (Å²) in [7, 11) is 0. The fraction of sp³-hybridized carbons (Fsp3) is 0.273. The van der Waals surface area contributed by atoms with Gasteiger partial charge in [0, 0.05) is 18.7 Å². The van der Waals surface area contributed by atoms with E-state index in [9.17, 15) is 9.59 Å². The van der Waals surface area contributed by atoms with E-state index in [1.54, 1.807) is 12.1 Å². The molecule has 0 fully saturated rings. The zero-order valence-corrected chi connectivity index (χ0v) is 17.9. The SMILES string of the molecule is CCn1c(SCC(=O)NCc2ccccc2)nnc1[C@@H](C)NC(=O)c1ccccc1. The molecule has 1 heterocycles. The van der Waals surface area contributed by atoms with Crippen LogP contribution >= 0.6 is 11.8 Å². The van der Waals surface area contributed by atoms with Crippen molar-refractivity contribution in [3.8, 4) is 0 Å². The van der Waals surface area contributed by atoms with Gasteiger partial charge in [0.2, 0.25) is 5.91 Å². The predicted molar refractivity (Wildman–Crippen MR) is 117 cm³/mol. The quantitative estimate of drug-likeness (QED) is 0.516. The average molecular weight is 424 g/mol. The highest BCUT2D eigenvalue weighted by Gasteiger charge is 2.20. The van der Waals surface area contributed by atoms with Gasteiger partial charge in [-0.15, -0.1) is 10.2 Å². The molecule has 0 aliphatic carbocycles. The van der Waals surface area contributed by atoms with Crippen molar-refractivity contribution in [2.45, 2.75) is 38.1 Å². The Hall–Kier alpha value is -3.13. The van der Waals surface area contributed by atoms with Gasteiger partial charge in [0.25, 0.3) is 5.91 Å². The third-order valence-corrected chi connectivity index (χ3v) is 5.46. The number of nitrogens with zero attached hydrogens (tertiary/aromatic N) is 3. The Balaban J connectivity index is 1.56. The molecule has 0 saturated carbocycles. The van der Waals surface area contributed by atoms with Gasteiger partial charge >= 0.3 is 0 Å². The first kappa shape index (κ1) is 21.6. The molecule has 2 amide bonds. The van der Waals surface area contributed by atoms with Crippen LogP contribution in [-0.2, 0) is 17.9 Å². The number of thioether (sulfide) groups is 1. The first-order chi connectivity index (χ1) is 14.6. The highest BCUT2D eigenvalue weighted by molar-refractivity contribution is 7.99. The minimum atomic E-state index is -0.314. The second kappa shape index (κ2) is 10.6. The smallest absolute Gasteiger partial charge is 0.251 e. The lowest BCUT2D eigenvalue weighted by atomic mass is 10.2. The number of rotatable bonds is 9. The maximum Gasteiger partial charge on any atom is 0.251 e. The largest absolute Gasteiger partial charge is 0.351 e. The summed E-state index contributed by atoms with van der Waals surface area (Å²) in [5, 5.41) is 15.0. The van der Waals surface area contributed by atoms with Crippen molar-refractivity contribution >= 4 is 23.6 Å². The molecule has 0 aliphatic heterocycles. The van der Waals surface area contributed by atoms with Crippen LogP contribution in [0, 0.1) is 0 Å². The van der Waals surface area contributed by atoms with E-state index >= 15 is 0 Å². The number of nitrogens with one attached hydrogen (secondary N) is 2. The molecular weight excluding hydrogens is 398 g/mol. The lowest BCUT2D eigenvalue weighted by Crippen LogP contribution is -2.28. The summed E-state index contributed by atoms with van der Waals surface area (Å²) in [4.78, 5) is 24.6. The van der Waals surface area contributed by atoms with Crippen LogP contribution < -0.4 is 10.6 Å². The van der Waals surface area contributed by atoms with Crippen molar-refractivity contribution in [1.82, 2.24) is 25.4 Å². The first-order valence-electron chi connectivity index (χ1n) is 9.81. The van der Waals surface area contributed by atoms with Gasteiger partial charge in [-0.3, -0.25) is 9.59 Å². The van der Waals surface area contributed by atoms with Gasteiger partial charge in [-0.2, -0.15) is 0 Å². The lowest BCUT2D eigenvalue weighted by molar-refractivity contribution is -0.118. The molecule has 0 radical (unpaired) electrons. The summed E-state index contributed by atoms with van der Waals surface area (Å²) in [6.45, 7) is 4.99. The van der Waals surface area contributed by atoms with Gasteiger partial charge in [-0.1, -0.05) is 60.3 Å². The number of amides is 2. The van der Waals surface area contributed by atoms with E-state index < -0.39 is 0 Å². The average Bonchev–Trinajstić information content (AvgIpc) is 3.20. The van der Waals surface area contributed by atoms with Crippen LogP contribution in [0.25, 0.3) is 0 Å². The van der Waals surface area contributed by atoms with Crippen molar-refractivity contribution in [1.29, 1.82) is 0 Å². The molecule has 3 aromatic rings. The molecule has 0 saturated heterocycles. The fourth-order valence-corrected chi connectivity index (χ4v) is 3.78. The van der Waals surface area contributed by atoms with E-state index in [-0.39, 0.29) is 23.6 Å². The van der Waals surface area contributed by atoms with E-state index in [4.69, 9.17) is 0 Å². The Morgan fingerprint density at radius 1 is 1.03 bits per heavy atom. The summed E-state index contributed by atoms with van der Waals surface area (Å²) >= 11 is 1.33. The highest BCUT2D eigenvalue weighted by Crippen LogP contribution is 2.20. The highest BCUT2D eigenvalue weighted by atomic mass is 32.2. The lowest BCUT2D eigenvalue weighted by Gasteiger charge is -2.15. The summed E-state index contributed by atoms with van der Waals surface area (Å²) < 4.78 is 1.92. The number of hydrogen-bond acceptors (Lipinski definition) is 5. The third kappa shape index (κ3) is 5.70. The van der Waals surface area contributed by atoms with Crippen LogP contribution in [0.1, 0.15) is 41.6 Å². The number of aromatic nitrogens is 3. The maximum atomic E-state index is 12.4. The van der Waals surface area contributed by atoms with E-state index in [1.807, 2.05) is 66.9 Å². The van der Waals surface area contributed by atoms with Crippen LogP contribution in [0.4, 0.5) is 0 Å². The van der Waals surface area contributed by atoms with Crippen LogP contribution in [0.5, 0.6) is 0 Å². The maximum absolute atomic E-state index is 12.4.